The quantitative estimate of drug-likeness (QED) is 0.163. The van der Waals surface area contributed by atoms with Gasteiger partial charge in [0.15, 0.2) is 5.82 Å². The molecule has 0 saturated heterocycles. The Balaban J connectivity index is 1.06. The molecule has 11 aromatic rings. The van der Waals surface area contributed by atoms with E-state index in [1.54, 1.807) is 0 Å². The van der Waals surface area contributed by atoms with Gasteiger partial charge in [-0.15, -0.1) is 0 Å². The maximum atomic E-state index is 4.98. The van der Waals surface area contributed by atoms with Crippen LogP contribution in [-0.4, -0.2) is 14.5 Å². The third-order valence-corrected chi connectivity index (χ3v) is 11.2. The predicted molar refractivity (Wildman–Crippen MR) is 242 cm³/mol. The molecule has 0 aliphatic carbocycles. The molecule has 0 aliphatic heterocycles. The number of para-hydroxylation sites is 4. The van der Waals surface area contributed by atoms with Crippen molar-refractivity contribution >= 4 is 60.5 Å². The maximum Gasteiger partial charge on any atom is 0.159 e. The van der Waals surface area contributed by atoms with Crippen LogP contribution in [0, 0.1) is 0 Å². The largest absolute Gasteiger partial charge is 0.310 e. The second-order valence-corrected chi connectivity index (χ2v) is 14.7. The molecular weight excluding hydrogens is 705 g/mol. The number of anilines is 3. The zero-order chi connectivity index (χ0) is 38.4. The molecular formula is C54H36N4. The number of benzene rings is 9. The first-order valence-electron chi connectivity index (χ1n) is 19.7. The Morgan fingerprint density at radius 3 is 1.79 bits per heavy atom. The number of rotatable bonds is 7. The van der Waals surface area contributed by atoms with Crippen LogP contribution in [0.5, 0.6) is 0 Å². The smallest absolute Gasteiger partial charge is 0.159 e. The molecule has 0 radical (unpaired) electrons. The van der Waals surface area contributed by atoms with E-state index in [1.165, 1.54) is 38.1 Å². The Labute approximate surface area is 336 Å². The van der Waals surface area contributed by atoms with Crippen LogP contribution in [0.3, 0.4) is 0 Å². The summed E-state index contributed by atoms with van der Waals surface area (Å²) in [5.74, 6) is 0.694. The van der Waals surface area contributed by atoms with Crippen LogP contribution >= 0.6 is 0 Å². The lowest BCUT2D eigenvalue weighted by molar-refractivity contribution is 1.18. The third kappa shape index (κ3) is 5.78. The van der Waals surface area contributed by atoms with Gasteiger partial charge in [-0.25, -0.2) is 9.97 Å². The van der Waals surface area contributed by atoms with Gasteiger partial charge in [0.25, 0.3) is 0 Å². The van der Waals surface area contributed by atoms with Crippen molar-refractivity contribution in [3.8, 4) is 39.3 Å². The molecule has 0 fully saturated rings. The SMILES string of the molecule is c1ccc(N(c2ccccc2)c2cc(-c3ncc4ccccc4n3)ccc2-c2ccc(-c3ccc4c5c6ccccc6ccc5n(-c5ccccc5)c4c3)cc2)cc1. The summed E-state index contributed by atoms with van der Waals surface area (Å²) in [6, 6.07) is 75.6. The van der Waals surface area contributed by atoms with E-state index in [-0.39, 0.29) is 0 Å². The summed E-state index contributed by atoms with van der Waals surface area (Å²) in [5, 5.41) is 6.07. The van der Waals surface area contributed by atoms with Gasteiger partial charge in [0, 0.05) is 50.5 Å². The molecule has 0 unspecified atom stereocenters. The number of hydrogen-bond acceptors (Lipinski definition) is 3. The summed E-state index contributed by atoms with van der Waals surface area (Å²) in [5.41, 5.74) is 13.2. The van der Waals surface area contributed by atoms with E-state index in [2.05, 4.69) is 198 Å². The fourth-order valence-electron chi connectivity index (χ4n) is 8.46. The minimum absolute atomic E-state index is 0.694. The molecule has 0 atom stereocenters. The van der Waals surface area contributed by atoms with Crippen molar-refractivity contribution in [1.29, 1.82) is 0 Å². The number of hydrogen-bond donors (Lipinski definition) is 0. The number of fused-ring (bicyclic) bond motifs is 6. The van der Waals surface area contributed by atoms with Crippen molar-refractivity contribution in [3.05, 3.63) is 219 Å². The van der Waals surface area contributed by atoms with Gasteiger partial charge in [0.05, 0.1) is 22.2 Å². The zero-order valence-corrected chi connectivity index (χ0v) is 31.6. The van der Waals surface area contributed by atoms with E-state index in [9.17, 15) is 0 Å². The summed E-state index contributed by atoms with van der Waals surface area (Å²) in [4.78, 5) is 12.1. The lowest BCUT2D eigenvalue weighted by Gasteiger charge is -2.28. The first-order chi connectivity index (χ1) is 28.8. The highest BCUT2D eigenvalue weighted by Crippen LogP contribution is 2.44. The van der Waals surface area contributed by atoms with Crippen molar-refractivity contribution < 1.29 is 0 Å². The summed E-state index contributed by atoms with van der Waals surface area (Å²) >= 11 is 0. The Hall–Kier alpha value is -7.82. The highest BCUT2D eigenvalue weighted by Gasteiger charge is 2.20. The summed E-state index contributed by atoms with van der Waals surface area (Å²) in [6.45, 7) is 0. The highest BCUT2D eigenvalue weighted by molar-refractivity contribution is 6.21. The molecule has 4 nitrogen and oxygen atoms in total. The van der Waals surface area contributed by atoms with Gasteiger partial charge in [-0.1, -0.05) is 152 Å². The molecule has 0 N–H and O–H groups in total. The van der Waals surface area contributed by atoms with Gasteiger partial charge < -0.3 is 9.47 Å². The van der Waals surface area contributed by atoms with Crippen molar-refractivity contribution in [2.24, 2.45) is 0 Å². The van der Waals surface area contributed by atoms with Gasteiger partial charge in [0.2, 0.25) is 0 Å². The van der Waals surface area contributed by atoms with Gasteiger partial charge in [-0.05, 0) is 88.1 Å². The monoisotopic (exact) mass is 740 g/mol. The number of aromatic nitrogens is 3. The van der Waals surface area contributed by atoms with Crippen molar-refractivity contribution in [1.82, 2.24) is 14.5 Å². The molecule has 2 aromatic heterocycles. The molecule has 0 aliphatic rings. The normalized spacial score (nSPS) is 11.4. The van der Waals surface area contributed by atoms with Crippen LogP contribution in [0.15, 0.2) is 219 Å². The van der Waals surface area contributed by atoms with Crippen LogP contribution in [0.4, 0.5) is 17.1 Å². The van der Waals surface area contributed by atoms with Gasteiger partial charge in [0.1, 0.15) is 0 Å². The summed E-state index contributed by atoms with van der Waals surface area (Å²) in [6.07, 6.45) is 1.91. The fraction of sp³-hybridized carbons (Fsp3) is 0. The van der Waals surface area contributed by atoms with Crippen LogP contribution < -0.4 is 4.90 Å². The molecule has 0 saturated carbocycles. The van der Waals surface area contributed by atoms with E-state index >= 15 is 0 Å². The second kappa shape index (κ2) is 14.0. The highest BCUT2D eigenvalue weighted by atomic mass is 15.1. The molecule has 11 rings (SSSR count). The molecule has 2 heterocycles. The maximum absolute atomic E-state index is 4.98. The van der Waals surface area contributed by atoms with Crippen LogP contribution in [0.1, 0.15) is 0 Å². The van der Waals surface area contributed by atoms with Crippen LogP contribution in [0.25, 0.3) is 82.8 Å². The van der Waals surface area contributed by atoms with Gasteiger partial charge in [-0.2, -0.15) is 0 Å². The molecule has 4 heteroatoms. The summed E-state index contributed by atoms with van der Waals surface area (Å²) in [7, 11) is 0. The van der Waals surface area contributed by atoms with E-state index in [0.717, 1.165) is 55.9 Å². The molecule has 58 heavy (non-hydrogen) atoms. The molecule has 9 aromatic carbocycles. The first kappa shape index (κ1) is 33.5. The van der Waals surface area contributed by atoms with Crippen LogP contribution in [-0.2, 0) is 0 Å². The molecule has 0 bridgehead atoms. The predicted octanol–water partition coefficient (Wildman–Crippen LogP) is 14.4. The van der Waals surface area contributed by atoms with Crippen LogP contribution in [0.2, 0.25) is 0 Å². The van der Waals surface area contributed by atoms with Gasteiger partial charge >= 0.3 is 0 Å². The lowest BCUT2D eigenvalue weighted by atomic mass is 9.96. The minimum atomic E-state index is 0.694. The zero-order valence-electron chi connectivity index (χ0n) is 31.6. The number of nitrogens with zero attached hydrogens (tertiary/aromatic N) is 4. The van der Waals surface area contributed by atoms with E-state index < -0.39 is 0 Å². The summed E-state index contributed by atoms with van der Waals surface area (Å²) < 4.78 is 2.41. The first-order valence-corrected chi connectivity index (χ1v) is 19.7. The topological polar surface area (TPSA) is 34.0 Å². The third-order valence-electron chi connectivity index (χ3n) is 11.2. The molecule has 0 amide bonds. The fourth-order valence-corrected chi connectivity index (χ4v) is 8.46. The van der Waals surface area contributed by atoms with E-state index in [4.69, 9.17) is 9.97 Å². The van der Waals surface area contributed by atoms with Crippen molar-refractivity contribution in [3.63, 3.8) is 0 Å². The second-order valence-electron chi connectivity index (χ2n) is 14.7. The molecule has 0 spiro atoms. The average molecular weight is 741 g/mol. The Kier molecular flexibility index (Phi) is 8.11. The van der Waals surface area contributed by atoms with E-state index in [1.807, 2.05) is 30.5 Å². The Bertz CT molecular complexity index is 3220. The van der Waals surface area contributed by atoms with E-state index in [0.29, 0.717) is 5.82 Å². The van der Waals surface area contributed by atoms with Crippen molar-refractivity contribution in [2.45, 2.75) is 0 Å². The standard InChI is InChI=1S/C54H36N4/c1-4-16-43(17-5-1)57(44-18-6-2-7-19-44)51-35-41(54-55-36-42-15-11-13-23-49(42)56-54)29-31-46(51)39-26-24-37(25-27-39)40-28-32-48-52(34-40)58(45-20-8-3-9-21-45)50-33-30-38-14-10-12-22-47(38)53(48)50/h1-36H. The average Bonchev–Trinajstić information content (AvgIpc) is 3.64. The lowest BCUT2D eigenvalue weighted by Crippen LogP contribution is -2.11. The van der Waals surface area contributed by atoms with Crippen molar-refractivity contribution in [2.75, 3.05) is 4.90 Å². The molecule has 272 valence electrons. The Morgan fingerprint density at radius 2 is 1.03 bits per heavy atom. The Morgan fingerprint density at radius 1 is 0.414 bits per heavy atom. The minimum Gasteiger partial charge on any atom is -0.310 e. The van der Waals surface area contributed by atoms with Gasteiger partial charge in [-0.3, -0.25) is 0 Å².